The summed E-state index contributed by atoms with van der Waals surface area (Å²) in [5.74, 6) is 1.61. The highest BCUT2D eigenvalue weighted by atomic mass is 32.2. The lowest BCUT2D eigenvalue weighted by Crippen LogP contribution is -2.43. The van der Waals surface area contributed by atoms with Crippen LogP contribution in [-0.2, 0) is 9.84 Å². The third-order valence-electron chi connectivity index (χ3n) is 5.27. The molecule has 25 heavy (non-hydrogen) atoms. The maximum atomic E-state index is 11.4. The maximum Gasteiger partial charge on any atom is 0.193 e. The van der Waals surface area contributed by atoms with Crippen molar-refractivity contribution in [2.75, 3.05) is 39.5 Å². The third-order valence-corrected chi connectivity index (χ3v) is 6.40. The van der Waals surface area contributed by atoms with Crippen LogP contribution in [-0.4, -0.2) is 58.8 Å². The van der Waals surface area contributed by atoms with Gasteiger partial charge >= 0.3 is 0 Å². The molecule has 2 aliphatic rings. The molecule has 0 aromatic heterocycles. The van der Waals surface area contributed by atoms with Crippen LogP contribution in [0.3, 0.4) is 0 Å². The van der Waals surface area contributed by atoms with Gasteiger partial charge in [0.2, 0.25) is 0 Å². The van der Waals surface area contributed by atoms with E-state index >= 15 is 0 Å². The fraction of sp³-hybridized carbons (Fsp3) is 0.611. The number of aliphatic imine (C=N–C) groups is 1. The zero-order valence-corrected chi connectivity index (χ0v) is 15.8. The number of ether oxygens (including phenoxy) is 1. The topological polar surface area (TPSA) is 71.0 Å². The number of likely N-dealkylation sites (tertiary alicyclic amines) is 1. The highest BCUT2D eigenvalue weighted by molar-refractivity contribution is 7.90. The van der Waals surface area contributed by atoms with Crippen LogP contribution < -0.4 is 10.1 Å². The monoisotopic (exact) mass is 365 g/mol. The third kappa shape index (κ3) is 4.26. The minimum Gasteiger partial charge on any atom is -0.492 e. The minimum atomic E-state index is -3.17. The molecule has 1 aliphatic heterocycles. The fourth-order valence-corrected chi connectivity index (χ4v) is 4.28. The molecule has 1 heterocycles. The molecule has 0 radical (unpaired) electrons. The Bertz CT molecular complexity index is 724. The molecular weight excluding hydrogens is 338 g/mol. The van der Waals surface area contributed by atoms with E-state index in [9.17, 15) is 8.42 Å². The summed E-state index contributed by atoms with van der Waals surface area (Å²) in [5.41, 5.74) is 0.551. The molecule has 138 valence electrons. The standard InChI is InChI=1S/C18H27N3O3S/c1-19-17(21-12-10-18(14-21)8-3-9-18)20-11-13-24-15-4-6-16(7-5-15)25(2,22)23/h4-7H,3,8-14H2,1-2H3,(H,19,20). The Morgan fingerprint density at radius 3 is 2.52 bits per heavy atom. The molecule has 1 N–H and O–H groups in total. The van der Waals surface area contributed by atoms with Gasteiger partial charge in [0.1, 0.15) is 12.4 Å². The van der Waals surface area contributed by atoms with Crippen molar-refractivity contribution in [1.29, 1.82) is 0 Å². The van der Waals surface area contributed by atoms with Crippen molar-refractivity contribution in [3.63, 3.8) is 0 Å². The van der Waals surface area contributed by atoms with E-state index in [1.54, 1.807) is 24.3 Å². The molecule has 0 bridgehead atoms. The van der Waals surface area contributed by atoms with Crippen molar-refractivity contribution < 1.29 is 13.2 Å². The van der Waals surface area contributed by atoms with Crippen LogP contribution in [0.5, 0.6) is 5.75 Å². The summed E-state index contributed by atoms with van der Waals surface area (Å²) in [6.07, 6.45) is 6.55. The second kappa shape index (κ2) is 7.23. The van der Waals surface area contributed by atoms with Gasteiger partial charge in [0, 0.05) is 26.4 Å². The van der Waals surface area contributed by atoms with Gasteiger partial charge in [-0.25, -0.2) is 8.42 Å². The van der Waals surface area contributed by atoms with Gasteiger partial charge in [-0.2, -0.15) is 0 Å². The van der Waals surface area contributed by atoms with Crippen molar-refractivity contribution in [3.8, 4) is 5.75 Å². The molecule has 0 amide bonds. The van der Waals surface area contributed by atoms with E-state index in [0.29, 0.717) is 29.2 Å². The number of guanidine groups is 1. The summed E-state index contributed by atoms with van der Waals surface area (Å²) < 4.78 is 28.6. The zero-order chi connectivity index (χ0) is 17.9. The van der Waals surface area contributed by atoms with Crippen LogP contribution in [0.25, 0.3) is 0 Å². The van der Waals surface area contributed by atoms with Crippen LogP contribution in [0, 0.1) is 5.41 Å². The van der Waals surface area contributed by atoms with Crippen molar-refractivity contribution in [2.24, 2.45) is 10.4 Å². The molecule has 1 saturated carbocycles. The average Bonchev–Trinajstić information content (AvgIpc) is 3.00. The molecule has 1 aromatic carbocycles. The van der Waals surface area contributed by atoms with Crippen molar-refractivity contribution in [1.82, 2.24) is 10.2 Å². The van der Waals surface area contributed by atoms with E-state index in [1.165, 1.54) is 31.9 Å². The molecule has 1 aromatic rings. The van der Waals surface area contributed by atoms with E-state index in [-0.39, 0.29) is 0 Å². The van der Waals surface area contributed by atoms with Gasteiger partial charge in [-0.1, -0.05) is 6.42 Å². The quantitative estimate of drug-likeness (QED) is 0.490. The molecule has 0 atom stereocenters. The molecule has 1 aliphatic carbocycles. The number of benzene rings is 1. The number of rotatable bonds is 5. The van der Waals surface area contributed by atoms with Crippen LogP contribution in [0.4, 0.5) is 0 Å². The summed E-state index contributed by atoms with van der Waals surface area (Å²) in [5, 5.41) is 3.36. The molecule has 7 heteroatoms. The van der Waals surface area contributed by atoms with E-state index in [4.69, 9.17) is 4.74 Å². The normalized spacial score (nSPS) is 19.8. The van der Waals surface area contributed by atoms with E-state index in [2.05, 4.69) is 15.2 Å². The smallest absolute Gasteiger partial charge is 0.193 e. The van der Waals surface area contributed by atoms with E-state index in [0.717, 1.165) is 19.0 Å². The minimum absolute atomic E-state index is 0.303. The lowest BCUT2D eigenvalue weighted by molar-refractivity contribution is 0.151. The van der Waals surface area contributed by atoms with Gasteiger partial charge in [0.25, 0.3) is 0 Å². The summed E-state index contributed by atoms with van der Waals surface area (Å²) in [6.45, 7) is 3.34. The van der Waals surface area contributed by atoms with Gasteiger partial charge in [-0.3, -0.25) is 4.99 Å². The summed E-state index contributed by atoms with van der Waals surface area (Å²) >= 11 is 0. The Hall–Kier alpha value is -1.76. The zero-order valence-electron chi connectivity index (χ0n) is 15.0. The Balaban J connectivity index is 1.43. The first-order valence-corrected chi connectivity index (χ1v) is 10.7. The SMILES string of the molecule is CN=C(NCCOc1ccc(S(C)(=O)=O)cc1)N1CCC2(CCC2)C1. The van der Waals surface area contributed by atoms with Gasteiger partial charge in [0.05, 0.1) is 11.4 Å². The molecular formula is C18H27N3O3S. The number of hydrogen-bond donors (Lipinski definition) is 1. The second-order valence-corrected chi connectivity index (χ2v) is 9.11. The maximum absolute atomic E-state index is 11.4. The largest absolute Gasteiger partial charge is 0.492 e. The lowest BCUT2D eigenvalue weighted by Gasteiger charge is -2.38. The number of hydrogen-bond acceptors (Lipinski definition) is 4. The molecule has 2 fully saturated rings. The van der Waals surface area contributed by atoms with Gasteiger partial charge in [-0.05, 0) is 48.9 Å². The second-order valence-electron chi connectivity index (χ2n) is 7.09. The first-order valence-electron chi connectivity index (χ1n) is 8.80. The highest BCUT2D eigenvalue weighted by Crippen LogP contribution is 2.47. The number of nitrogens with zero attached hydrogens (tertiary/aromatic N) is 2. The lowest BCUT2D eigenvalue weighted by atomic mass is 9.68. The van der Waals surface area contributed by atoms with Gasteiger partial charge in [0.15, 0.2) is 15.8 Å². The molecule has 1 saturated heterocycles. The van der Waals surface area contributed by atoms with Crippen molar-refractivity contribution in [2.45, 2.75) is 30.6 Å². The van der Waals surface area contributed by atoms with Crippen LogP contribution in [0.1, 0.15) is 25.7 Å². The van der Waals surface area contributed by atoms with Gasteiger partial charge < -0.3 is 15.0 Å². The van der Waals surface area contributed by atoms with E-state index < -0.39 is 9.84 Å². The average molecular weight is 365 g/mol. The highest BCUT2D eigenvalue weighted by Gasteiger charge is 2.43. The Morgan fingerprint density at radius 1 is 1.28 bits per heavy atom. The number of sulfone groups is 1. The van der Waals surface area contributed by atoms with E-state index in [1.807, 2.05) is 7.05 Å². The first-order chi connectivity index (χ1) is 11.9. The molecule has 6 nitrogen and oxygen atoms in total. The van der Waals surface area contributed by atoms with Crippen LogP contribution >= 0.6 is 0 Å². The Kier molecular flexibility index (Phi) is 5.22. The van der Waals surface area contributed by atoms with Gasteiger partial charge in [-0.15, -0.1) is 0 Å². The summed E-state index contributed by atoms with van der Waals surface area (Å²) in [6, 6.07) is 6.51. The van der Waals surface area contributed by atoms with Crippen molar-refractivity contribution >= 4 is 15.8 Å². The first kappa shape index (κ1) is 18.0. The fourth-order valence-electron chi connectivity index (χ4n) is 3.65. The molecule has 3 rings (SSSR count). The van der Waals surface area contributed by atoms with Crippen molar-refractivity contribution in [3.05, 3.63) is 24.3 Å². The summed E-state index contributed by atoms with van der Waals surface area (Å²) in [4.78, 5) is 7.04. The van der Waals surface area contributed by atoms with Crippen LogP contribution in [0.2, 0.25) is 0 Å². The predicted octanol–water partition coefficient (Wildman–Crippen LogP) is 1.92. The number of nitrogens with one attached hydrogen (secondary N) is 1. The van der Waals surface area contributed by atoms with Crippen LogP contribution in [0.15, 0.2) is 34.2 Å². The Labute approximate surface area is 150 Å². The summed E-state index contributed by atoms with van der Waals surface area (Å²) in [7, 11) is -1.35. The predicted molar refractivity (Wildman–Crippen MR) is 98.9 cm³/mol. The Morgan fingerprint density at radius 2 is 2.00 bits per heavy atom. The molecule has 1 spiro atoms. The molecule has 0 unspecified atom stereocenters.